The second-order valence-corrected chi connectivity index (χ2v) is 13.0. The van der Waals surface area contributed by atoms with Crippen molar-refractivity contribution in [1.82, 2.24) is 29.3 Å². The molecule has 0 saturated heterocycles. The molecule has 6 heteroatoms. The fourth-order valence-corrected chi connectivity index (χ4v) is 7.01. The van der Waals surface area contributed by atoms with Crippen LogP contribution in [-0.2, 0) is 0 Å². The van der Waals surface area contributed by atoms with Gasteiger partial charge in [0, 0.05) is 56.4 Å². The maximum Gasteiger partial charge on any atom is 0.164 e. The van der Waals surface area contributed by atoms with Crippen LogP contribution < -0.4 is 0 Å². The summed E-state index contributed by atoms with van der Waals surface area (Å²) in [5.41, 5.74) is 10.9. The van der Waals surface area contributed by atoms with Crippen molar-refractivity contribution in [2.24, 2.45) is 0 Å². The molecule has 0 radical (unpaired) electrons. The SMILES string of the molecule is c1ccc(-c2cn3ccc4c(-c5ccc(-c6ccc(-c7nc(-c8ccccc8)nc(-c8ccccc8)n7)cc6)cc5)nc5ccccc5c4c3n2)cc1. The van der Waals surface area contributed by atoms with Crippen LogP contribution in [0.5, 0.6) is 0 Å². The second kappa shape index (κ2) is 12.8. The number of rotatable bonds is 6. The highest BCUT2D eigenvalue weighted by Crippen LogP contribution is 2.36. The number of imidazole rings is 1. The van der Waals surface area contributed by atoms with E-state index in [1.165, 1.54) is 0 Å². The van der Waals surface area contributed by atoms with Crippen LogP contribution in [0.25, 0.3) is 95.1 Å². The predicted molar refractivity (Wildman–Crippen MR) is 214 cm³/mol. The molecule has 0 atom stereocenters. The van der Waals surface area contributed by atoms with Gasteiger partial charge in [0.15, 0.2) is 17.5 Å². The summed E-state index contributed by atoms with van der Waals surface area (Å²) in [5.74, 6) is 1.93. The smallest absolute Gasteiger partial charge is 0.164 e. The molecule has 10 rings (SSSR count). The minimum Gasteiger partial charge on any atom is -0.306 e. The number of hydrogen-bond donors (Lipinski definition) is 0. The lowest BCUT2D eigenvalue weighted by atomic mass is 9.98. The van der Waals surface area contributed by atoms with Crippen molar-refractivity contribution >= 4 is 27.3 Å². The zero-order valence-corrected chi connectivity index (χ0v) is 28.5. The van der Waals surface area contributed by atoms with Gasteiger partial charge in [-0.25, -0.2) is 24.9 Å². The third kappa shape index (κ3) is 5.59. The molecule has 0 bridgehead atoms. The number of pyridine rings is 2. The Morgan fingerprint density at radius 1 is 0.340 bits per heavy atom. The minimum absolute atomic E-state index is 0.635. The van der Waals surface area contributed by atoms with Crippen LogP contribution >= 0.6 is 0 Å². The molecular weight excluding hydrogens is 649 g/mol. The molecule has 0 aliphatic rings. The van der Waals surface area contributed by atoms with E-state index in [0.29, 0.717) is 17.5 Å². The molecule has 0 aliphatic heterocycles. The Morgan fingerprint density at radius 2 is 0.811 bits per heavy atom. The monoisotopic (exact) mass is 678 g/mol. The summed E-state index contributed by atoms with van der Waals surface area (Å²) in [6.07, 6.45) is 4.19. The zero-order valence-electron chi connectivity index (χ0n) is 28.5. The van der Waals surface area contributed by atoms with Crippen molar-refractivity contribution < 1.29 is 0 Å². The fraction of sp³-hybridized carbons (Fsp3) is 0. The average molecular weight is 679 g/mol. The predicted octanol–water partition coefficient (Wildman–Crippen LogP) is 11.2. The average Bonchev–Trinajstić information content (AvgIpc) is 3.69. The molecule has 6 aromatic carbocycles. The van der Waals surface area contributed by atoms with Crippen LogP contribution in [0.15, 0.2) is 182 Å². The lowest BCUT2D eigenvalue weighted by Crippen LogP contribution is -2.00. The van der Waals surface area contributed by atoms with E-state index in [2.05, 4.69) is 102 Å². The third-order valence-corrected chi connectivity index (χ3v) is 9.69. The second-order valence-electron chi connectivity index (χ2n) is 13.0. The van der Waals surface area contributed by atoms with Gasteiger partial charge in [0.05, 0.1) is 16.9 Å². The van der Waals surface area contributed by atoms with Gasteiger partial charge in [-0.15, -0.1) is 0 Å². The van der Waals surface area contributed by atoms with Gasteiger partial charge in [0.1, 0.15) is 5.65 Å². The number of fused-ring (bicyclic) bond motifs is 5. The van der Waals surface area contributed by atoms with Gasteiger partial charge < -0.3 is 4.40 Å². The Hall–Kier alpha value is -7.31. The van der Waals surface area contributed by atoms with Gasteiger partial charge in [0.2, 0.25) is 0 Å². The van der Waals surface area contributed by atoms with E-state index in [1.807, 2.05) is 84.9 Å². The standard InChI is InChI=1S/C47H30N6/c1-4-12-33(13-5-1)41-30-53-29-28-39-42(47(53)49-41)38-18-10-11-19-40(38)48-43(39)34-24-20-31(21-25-34)32-22-26-37(27-23-32)46-51-44(35-14-6-2-7-15-35)50-45(52-46)36-16-8-3-9-17-36/h1-30H. The molecule has 53 heavy (non-hydrogen) atoms. The molecule has 10 aromatic rings. The summed E-state index contributed by atoms with van der Waals surface area (Å²) in [4.78, 5) is 25.0. The van der Waals surface area contributed by atoms with E-state index in [1.54, 1.807) is 0 Å². The molecule has 6 nitrogen and oxygen atoms in total. The molecule has 0 N–H and O–H groups in total. The summed E-state index contributed by atoms with van der Waals surface area (Å²) in [5, 5.41) is 3.25. The largest absolute Gasteiger partial charge is 0.306 e. The van der Waals surface area contributed by atoms with Crippen molar-refractivity contribution in [3.8, 4) is 67.8 Å². The van der Waals surface area contributed by atoms with Gasteiger partial charge in [-0.1, -0.05) is 158 Å². The fourth-order valence-electron chi connectivity index (χ4n) is 7.01. The molecule has 0 fully saturated rings. The highest BCUT2D eigenvalue weighted by Gasteiger charge is 2.17. The zero-order chi connectivity index (χ0) is 35.1. The normalized spacial score (nSPS) is 11.4. The first-order valence-corrected chi connectivity index (χ1v) is 17.6. The highest BCUT2D eigenvalue weighted by molar-refractivity contribution is 6.16. The number of benzene rings is 6. The molecule has 0 amide bonds. The number of para-hydroxylation sites is 1. The lowest BCUT2D eigenvalue weighted by Gasteiger charge is -2.12. The molecule has 0 saturated carbocycles. The number of aromatic nitrogens is 6. The Kier molecular flexibility index (Phi) is 7.36. The van der Waals surface area contributed by atoms with Crippen molar-refractivity contribution in [2.45, 2.75) is 0 Å². The molecule has 248 valence electrons. The highest BCUT2D eigenvalue weighted by atomic mass is 15.0. The Balaban J connectivity index is 1.01. The number of nitrogens with zero attached hydrogens (tertiary/aromatic N) is 6. The third-order valence-electron chi connectivity index (χ3n) is 9.69. The summed E-state index contributed by atoms with van der Waals surface area (Å²) in [6.45, 7) is 0. The molecule has 0 unspecified atom stereocenters. The molecular formula is C47H30N6. The van der Waals surface area contributed by atoms with E-state index in [-0.39, 0.29) is 0 Å². The van der Waals surface area contributed by atoms with Crippen LogP contribution in [-0.4, -0.2) is 29.3 Å². The van der Waals surface area contributed by atoms with Gasteiger partial charge in [-0.3, -0.25) is 0 Å². The van der Waals surface area contributed by atoms with Gasteiger partial charge >= 0.3 is 0 Å². The Labute approximate surface area is 305 Å². The summed E-state index contributed by atoms with van der Waals surface area (Å²) < 4.78 is 2.12. The van der Waals surface area contributed by atoms with Crippen LogP contribution in [0.4, 0.5) is 0 Å². The van der Waals surface area contributed by atoms with Crippen molar-refractivity contribution in [2.75, 3.05) is 0 Å². The van der Waals surface area contributed by atoms with Crippen molar-refractivity contribution in [3.05, 3.63) is 182 Å². The van der Waals surface area contributed by atoms with Gasteiger partial charge in [-0.05, 0) is 23.3 Å². The van der Waals surface area contributed by atoms with E-state index in [0.717, 1.165) is 77.7 Å². The van der Waals surface area contributed by atoms with E-state index >= 15 is 0 Å². The van der Waals surface area contributed by atoms with Crippen molar-refractivity contribution in [3.63, 3.8) is 0 Å². The van der Waals surface area contributed by atoms with Crippen LogP contribution in [0.1, 0.15) is 0 Å². The summed E-state index contributed by atoms with van der Waals surface area (Å²) in [6, 6.07) is 58.0. The minimum atomic E-state index is 0.635. The van der Waals surface area contributed by atoms with Crippen LogP contribution in [0.2, 0.25) is 0 Å². The van der Waals surface area contributed by atoms with E-state index < -0.39 is 0 Å². The first-order chi connectivity index (χ1) is 26.2. The van der Waals surface area contributed by atoms with Crippen LogP contribution in [0.3, 0.4) is 0 Å². The Morgan fingerprint density at radius 3 is 1.40 bits per heavy atom. The molecule has 0 spiro atoms. The molecule has 4 heterocycles. The first-order valence-electron chi connectivity index (χ1n) is 17.6. The molecule has 0 aliphatic carbocycles. The lowest BCUT2D eigenvalue weighted by molar-refractivity contribution is 1.07. The topological polar surface area (TPSA) is 68.9 Å². The first kappa shape index (κ1) is 30.5. The maximum absolute atomic E-state index is 5.19. The molecule has 4 aromatic heterocycles. The summed E-state index contributed by atoms with van der Waals surface area (Å²) >= 11 is 0. The summed E-state index contributed by atoms with van der Waals surface area (Å²) in [7, 11) is 0. The van der Waals surface area contributed by atoms with Crippen LogP contribution in [0, 0.1) is 0 Å². The van der Waals surface area contributed by atoms with E-state index in [9.17, 15) is 0 Å². The van der Waals surface area contributed by atoms with E-state index in [4.69, 9.17) is 24.9 Å². The maximum atomic E-state index is 5.19. The Bertz CT molecular complexity index is 2850. The van der Waals surface area contributed by atoms with Gasteiger partial charge in [0.25, 0.3) is 0 Å². The quantitative estimate of drug-likeness (QED) is 0.164. The van der Waals surface area contributed by atoms with Gasteiger partial charge in [-0.2, -0.15) is 0 Å². The van der Waals surface area contributed by atoms with Crippen molar-refractivity contribution in [1.29, 1.82) is 0 Å². The number of hydrogen-bond acceptors (Lipinski definition) is 5.